The first-order valence-corrected chi connectivity index (χ1v) is 7.74. The molecule has 0 spiro atoms. The third-order valence-corrected chi connectivity index (χ3v) is 3.77. The summed E-state index contributed by atoms with van der Waals surface area (Å²) in [5, 5.41) is 11.2. The van der Waals surface area contributed by atoms with Crippen molar-refractivity contribution < 1.29 is 9.18 Å². The lowest BCUT2D eigenvalue weighted by Gasteiger charge is -2.05. The smallest absolute Gasteiger partial charge is 0.275 e. The Labute approximate surface area is 142 Å². The number of anilines is 1. The number of hydrogen-bond acceptors (Lipinski definition) is 3. The fourth-order valence-corrected chi connectivity index (χ4v) is 2.56. The van der Waals surface area contributed by atoms with Crippen LogP contribution in [-0.2, 0) is 13.1 Å². The molecule has 0 fully saturated rings. The Morgan fingerprint density at radius 2 is 2.08 bits per heavy atom. The summed E-state index contributed by atoms with van der Waals surface area (Å²) in [5.74, 6) is -0.665. The van der Waals surface area contributed by atoms with Gasteiger partial charge < -0.3 is 5.32 Å². The zero-order chi connectivity index (χ0) is 17.1. The van der Waals surface area contributed by atoms with Crippen LogP contribution in [0.3, 0.4) is 0 Å². The number of halogens is 2. The number of aryl methyl sites for hydroxylation is 1. The van der Waals surface area contributed by atoms with Crippen LogP contribution in [0, 0.1) is 5.82 Å². The van der Waals surface area contributed by atoms with Crippen LogP contribution < -0.4 is 5.32 Å². The van der Waals surface area contributed by atoms with Crippen LogP contribution >= 0.6 is 11.6 Å². The summed E-state index contributed by atoms with van der Waals surface area (Å²) in [6.45, 7) is 2.67. The summed E-state index contributed by atoms with van der Waals surface area (Å²) in [6, 6.07) is 6.48. The Morgan fingerprint density at radius 1 is 1.29 bits per heavy atom. The molecule has 2 heterocycles. The van der Waals surface area contributed by atoms with Crippen molar-refractivity contribution >= 4 is 23.2 Å². The number of rotatable bonds is 5. The topological polar surface area (TPSA) is 64.7 Å². The van der Waals surface area contributed by atoms with Gasteiger partial charge in [-0.2, -0.15) is 10.2 Å². The molecule has 2 aromatic heterocycles. The van der Waals surface area contributed by atoms with Crippen LogP contribution in [0.25, 0.3) is 0 Å². The van der Waals surface area contributed by atoms with Crippen LogP contribution in [0.15, 0.2) is 42.9 Å². The fourth-order valence-electron chi connectivity index (χ4n) is 2.33. The van der Waals surface area contributed by atoms with Crippen molar-refractivity contribution in [3.05, 3.63) is 65.0 Å². The van der Waals surface area contributed by atoms with Crippen LogP contribution in [-0.4, -0.2) is 25.5 Å². The first-order valence-electron chi connectivity index (χ1n) is 7.37. The molecule has 124 valence electrons. The van der Waals surface area contributed by atoms with Gasteiger partial charge in [-0.05, 0) is 13.0 Å². The highest BCUT2D eigenvalue weighted by atomic mass is 35.5. The molecule has 0 aliphatic rings. The summed E-state index contributed by atoms with van der Waals surface area (Å²) in [7, 11) is 0. The number of amides is 1. The second-order valence-corrected chi connectivity index (χ2v) is 5.54. The standard InChI is InChI=1S/C16H15ClFN5O/c1-2-23-15(13(17)8-20-23)16(24)21-12-7-19-22(10-12)9-11-5-3-4-6-14(11)18/h3-8,10H,2,9H2,1H3,(H,21,24). The van der Waals surface area contributed by atoms with E-state index < -0.39 is 0 Å². The number of nitrogens with one attached hydrogen (secondary N) is 1. The van der Waals surface area contributed by atoms with E-state index in [-0.39, 0.29) is 23.3 Å². The van der Waals surface area contributed by atoms with Gasteiger partial charge in [0.05, 0.1) is 29.6 Å². The Balaban J connectivity index is 1.73. The molecule has 24 heavy (non-hydrogen) atoms. The molecule has 0 saturated carbocycles. The van der Waals surface area contributed by atoms with Crippen molar-refractivity contribution in [3.8, 4) is 0 Å². The van der Waals surface area contributed by atoms with E-state index >= 15 is 0 Å². The average molecular weight is 348 g/mol. The van der Waals surface area contributed by atoms with Crippen molar-refractivity contribution in [2.75, 3.05) is 5.32 Å². The van der Waals surface area contributed by atoms with E-state index in [9.17, 15) is 9.18 Å². The molecule has 1 aromatic carbocycles. The lowest BCUT2D eigenvalue weighted by molar-refractivity contribution is 0.101. The lowest BCUT2D eigenvalue weighted by Crippen LogP contribution is -2.17. The largest absolute Gasteiger partial charge is 0.318 e. The molecule has 1 N–H and O–H groups in total. The number of carbonyl (C=O) groups is 1. The molecule has 0 atom stereocenters. The monoisotopic (exact) mass is 347 g/mol. The zero-order valence-corrected chi connectivity index (χ0v) is 13.7. The molecule has 0 unspecified atom stereocenters. The number of aromatic nitrogens is 4. The fraction of sp³-hybridized carbons (Fsp3) is 0.188. The summed E-state index contributed by atoms with van der Waals surface area (Å²) in [5.41, 5.74) is 1.31. The van der Waals surface area contributed by atoms with Gasteiger partial charge in [0.25, 0.3) is 5.91 Å². The molecule has 3 aromatic rings. The summed E-state index contributed by atoms with van der Waals surface area (Å²) in [6.07, 6.45) is 4.56. The van der Waals surface area contributed by atoms with Gasteiger partial charge in [0.1, 0.15) is 11.5 Å². The van der Waals surface area contributed by atoms with Gasteiger partial charge in [0.2, 0.25) is 0 Å². The van der Waals surface area contributed by atoms with Gasteiger partial charge in [-0.1, -0.05) is 29.8 Å². The quantitative estimate of drug-likeness (QED) is 0.770. The van der Waals surface area contributed by atoms with Crippen molar-refractivity contribution in [1.82, 2.24) is 19.6 Å². The van der Waals surface area contributed by atoms with E-state index in [0.29, 0.717) is 23.5 Å². The van der Waals surface area contributed by atoms with Crippen LogP contribution in [0.1, 0.15) is 23.0 Å². The van der Waals surface area contributed by atoms with E-state index in [1.165, 1.54) is 23.1 Å². The summed E-state index contributed by atoms with van der Waals surface area (Å²) >= 11 is 6.01. The van der Waals surface area contributed by atoms with Gasteiger partial charge >= 0.3 is 0 Å². The maximum Gasteiger partial charge on any atom is 0.275 e. The normalized spacial score (nSPS) is 10.8. The molecule has 0 aliphatic heterocycles. The molecule has 0 aliphatic carbocycles. The van der Waals surface area contributed by atoms with Gasteiger partial charge in [0, 0.05) is 18.3 Å². The van der Waals surface area contributed by atoms with Crippen molar-refractivity contribution in [2.24, 2.45) is 0 Å². The third kappa shape index (κ3) is 3.30. The first-order chi connectivity index (χ1) is 11.6. The Hall–Kier alpha value is -2.67. The molecule has 3 rings (SSSR count). The van der Waals surface area contributed by atoms with E-state index in [2.05, 4.69) is 15.5 Å². The first kappa shape index (κ1) is 16.2. The van der Waals surface area contributed by atoms with Gasteiger partial charge in [-0.15, -0.1) is 0 Å². The minimum atomic E-state index is -0.371. The molecular weight excluding hydrogens is 333 g/mol. The van der Waals surface area contributed by atoms with E-state index in [1.807, 2.05) is 6.92 Å². The van der Waals surface area contributed by atoms with Crippen molar-refractivity contribution in [1.29, 1.82) is 0 Å². The highest BCUT2D eigenvalue weighted by Gasteiger charge is 2.17. The summed E-state index contributed by atoms with van der Waals surface area (Å²) in [4.78, 5) is 12.3. The van der Waals surface area contributed by atoms with Gasteiger partial charge in [-0.25, -0.2) is 4.39 Å². The highest BCUT2D eigenvalue weighted by molar-refractivity contribution is 6.34. The minimum absolute atomic E-state index is 0.274. The average Bonchev–Trinajstić information content (AvgIpc) is 3.15. The van der Waals surface area contributed by atoms with Crippen LogP contribution in [0.5, 0.6) is 0 Å². The maximum atomic E-state index is 13.7. The SMILES string of the molecule is CCn1ncc(Cl)c1C(=O)Nc1cnn(Cc2ccccc2F)c1. The predicted molar refractivity (Wildman–Crippen MR) is 88.6 cm³/mol. The number of hydrogen-bond donors (Lipinski definition) is 1. The number of benzene rings is 1. The molecule has 0 radical (unpaired) electrons. The van der Waals surface area contributed by atoms with Gasteiger partial charge in [-0.3, -0.25) is 14.2 Å². The van der Waals surface area contributed by atoms with E-state index in [4.69, 9.17) is 11.6 Å². The third-order valence-electron chi connectivity index (χ3n) is 3.49. The highest BCUT2D eigenvalue weighted by Crippen LogP contribution is 2.17. The Morgan fingerprint density at radius 3 is 2.83 bits per heavy atom. The zero-order valence-electron chi connectivity index (χ0n) is 12.9. The molecule has 1 amide bonds. The van der Waals surface area contributed by atoms with E-state index in [1.54, 1.807) is 29.1 Å². The molecule has 0 saturated heterocycles. The Bertz CT molecular complexity index is 873. The lowest BCUT2D eigenvalue weighted by atomic mass is 10.2. The minimum Gasteiger partial charge on any atom is -0.318 e. The molecule has 6 nitrogen and oxygen atoms in total. The maximum absolute atomic E-state index is 13.7. The van der Waals surface area contributed by atoms with E-state index in [0.717, 1.165) is 0 Å². The molecule has 0 bridgehead atoms. The van der Waals surface area contributed by atoms with Crippen molar-refractivity contribution in [3.63, 3.8) is 0 Å². The van der Waals surface area contributed by atoms with Gasteiger partial charge in [0.15, 0.2) is 0 Å². The summed E-state index contributed by atoms with van der Waals surface area (Å²) < 4.78 is 16.7. The molecule has 8 heteroatoms. The number of nitrogens with zero attached hydrogens (tertiary/aromatic N) is 4. The second-order valence-electron chi connectivity index (χ2n) is 5.13. The van der Waals surface area contributed by atoms with Crippen LogP contribution in [0.2, 0.25) is 5.02 Å². The predicted octanol–water partition coefficient (Wildman–Crippen LogP) is 3.19. The molecular formula is C16H15ClFN5O. The van der Waals surface area contributed by atoms with Crippen LogP contribution in [0.4, 0.5) is 10.1 Å². The Kier molecular flexibility index (Phi) is 4.61. The number of carbonyl (C=O) groups excluding carboxylic acids is 1. The second kappa shape index (κ2) is 6.84. The van der Waals surface area contributed by atoms with Crippen molar-refractivity contribution in [2.45, 2.75) is 20.0 Å².